The predicted molar refractivity (Wildman–Crippen MR) is 31.8 cm³/mol. The van der Waals surface area contributed by atoms with Crippen molar-refractivity contribution in [3.05, 3.63) is 17.5 Å². The minimum absolute atomic E-state index is 0.368. The van der Waals surface area contributed by atoms with Gasteiger partial charge in [0.05, 0.1) is 5.69 Å². The van der Waals surface area contributed by atoms with Gasteiger partial charge in [0, 0.05) is 11.8 Å². The summed E-state index contributed by atoms with van der Waals surface area (Å²) in [6.45, 7) is 0.628. The fraction of sp³-hybridized carbons (Fsp3) is 0.500. The lowest BCUT2D eigenvalue weighted by atomic mass is 10.4. The normalized spacial score (nSPS) is 10.9. The molecule has 1 rings (SSSR count). The Hall–Kier alpha value is -0.930. The third-order valence-electron chi connectivity index (χ3n) is 1.15. The number of alkyl halides is 2. The molecule has 0 fully saturated rings. The zero-order chi connectivity index (χ0) is 7.72. The monoisotopic (exact) mass is 145 g/mol. The fourth-order valence-electron chi connectivity index (χ4n) is 0.771. The highest BCUT2D eigenvalue weighted by molar-refractivity contribution is 5.03. The molecule has 0 aliphatic heterocycles. The van der Waals surface area contributed by atoms with Gasteiger partial charge in [-0.25, -0.2) is 4.68 Å². The van der Waals surface area contributed by atoms with E-state index in [0.29, 0.717) is 16.1 Å². The van der Waals surface area contributed by atoms with Crippen molar-refractivity contribution in [3.8, 4) is 0 Å². The average Bonchev–Trinajstić information content (AvgIpc) is 2.10. The third kappa shape index (κ3) is 1.15. The summed E-state index contributed by atoms with van der Waals surface area (Å²) in [7, 11) is 0. The summed E-state index contributed by atoms with van der Waals surface area (Å²) in [6, 6.07) is 2.66. The average molecular weight is 145 g/mol. The maximum absolute atomic E-state index is 11.9. The molecule has 0 saturated carbocycles. The Morgan fingerprint density at radius 1 is 1.50 bits per heavy atom. The van der Waals surface area contributed by atoms with Gasteiger partial charge in [0.2, 0.25) is 0 Å². The Balaban J connectivity index is 3.03. The molecule has 0 aliphatic rings. The van der Waals surface area contributed by atoms with Gasteiger partial charge >= 0.3 is 6.55 Å². The molecule has 1 aromatic heterocycles. The summed E-state index contributed by atoms with van der Waals surface area (Å²) < 4.78 is 24.5. The molecule has 0 aromatic carbocycles. The van der Waals surface area contributed by atoms with E-state index in [4.69, 9.17) is 0 Å². The first-order valence-corrected chi connectivity index (χ1v) is 2.84. The third-order valence-corrected chi connectivity index (χ3v) is 1.15. The molecule has 0 amide bonds. The second kappa shape index (κ2) is 2.36. The van der Waals surface area contributed by atoms with E-state index in [1.165, 1.54) is 0 Å². The Kier molecular flexibility index (Phi) is 1.70. The van der Waals surface area contributed by atoms with E-state index in [1.807, 2.05) is 0 Å². The number of aryl methyl sites for hydroxylation is 2. The number of aromatic nitrogens is 2. The summed E-state index contributed by atoms with van der Waals surface area (Å²) in [5.41, 5.74) is 0.866. The summed E-state index contributed by atoms with van der Waals surface area (Å²) in [5, 5.41) is 3.52. The molecule has 4 heteroatoms. The van der Waals surface area contributed by atoms with Crippen molar-refractivity contribution in [2.75, 3.05) is 0 Å². The smallest absolute Gasteiger partial charge is 0.208 e. The quantitative estimate of drug-likeness (QED) is 0.588. The highest BCUT2D eigenvalue weighted by Gasteiger charge is 2.09. The van der Waals surface area contributed by atoms with E-state index in [1.54, 1.807) is 13.8 Å². The second-order valence-electron chi connectivity index (χ2n) is 2.02. The SMILES string of the molecule is Cc1[c]c(C)n(C(F)F)n1. The van der Waals surface area contributed by atoms with Gasteiger partial charge in [-0.3, -0.25) is 0 Å². The van der Waals surface area contributed by atoms with E-state index in [0.717, 1.165) is 0 Å². The minimum atomic E-state index is -2.55. The van der Waals surface area contributed by atoms with Crippen molar-refractivity contribution in [2.24, 2.45) is 0 Å². The van der Waals surface area contributed by atoms with Crippen LogP contribution < -0.4 is 0 Å². The van der Waals surface area contributed by atoms with Crippen molar-refractivity contribution in [1.29, 1.82) is 0 Å². The predicted octanol–water partition coefficient (Wildman–Crippen LogP) is 1.70. The van der Waals surface area contributed by atoms with E-state index in [9.17, 15) is 8.78 Å². The fourth-order valence-corrected chi connectivity index (χ4v) is 0.771. The number of hydrogen-bond donors (Lipinski definition) is 0. The van der Waals surface area contributed by atoms with Crippen LogP contribution in [0.5, 0.6) is 0 Å². The van der Waals surface area contributed by atoms with Gasteiger partial charge in [-0.15, -0.1) is 0 Å². The molecule has 2 nitrogen and oxygen atoms in total. The summed E-state index contributed by atoms with van der Waals surface area (Å²) in [5.74, 6) is 0. The molecule has 0 aliphatic carbocycles. The topological polar surface area (TPSA) is 17.8 Å². The number of nitrogens with zero attached hydrogens (tertiary/aromatic N) is 2. The largest absolute Gasteiger partial charge is 0.333 e. The van der Waals surface area contributed by atoms with Gasteiger partial charge in [0.15, 0.2) is 0 Å². The Labute approximate surface area is 57.5 Å². The van der Waals surface area contributed by atoms with Crippen molar-refractivity contribution in [2.45, 2.75) is 20.4 Å². The molecule has 1 heterocycles. The van der Waals surface area contributed by atoms with Crippen LogP contribution in [0.25, 0.3) is 0 Å². The molecule has 0 unspecified atom stereocenters. The van der Waals surface area contributed by atoms with Gasteiger partial charge in [-0.05, 0) is 13.8 Å². The van der Waals surface area contributed by atoms with Crippen LogP contribution in [-0.2, 0) is 0 Å². The van der Waals surface area contributed by atoms with Crippen LogP contribution in [0.4, 0.5) is 8.78 Å². The van der Waals surface area contributed by atoms with Crippen molar-refractivity contribution in [3.63, 3.8) is 0 Å². The van der Waals surface area contributed by atoms with Crippen LogP contribution in [0.1, 0.15) is 17.9 Å². The maximum Gasteiger partial charge on any atom is 0.333 e. The molecular weight excluding hydrogens is 138 g/mol. The molecule has 0 N–H and O–H groups in total. The van der Waals surface area contributed by atoms with Crippen LogP contribution in [0.2, 0.25) is 0 Å². The second-order valence-corrected chi connectivity index (χ2v) is 2.02. The standard InChI is InChI=1S/C6H7F2N2/c1-4-3-5(2)10(9-4)6(7)8/h6H,1-2H3. The Bertz CT molecular complexity index is 230. The van der Waals surface area contributed by atoms with Crippen LogP contribution in [-0.4, -0.2) is 9.78 Å². The Morgan fingerprint density at radius 2 is 2.10 bits per heavy atom. The molecular formula is C6H7F2N2. The molecule has 0 atom stereocenters. The molecule has 1 aromatic rings. The van der Waals surface area contributed by atoms with Crippen LogP contribution in [0.15, 0.2) is 0 Å². The zero-order valence-corrected chi connectivity index (χ0v) is 5.73. The van der Waals surface area contributed by atoms with Crippen LogP contribution >= 0.6 is 0 Å². The number of rotatable bonds is 1. The van der Waals surface area contributed by atoms with Gasteiger partial charge in [-0.2, -0.15) is 13.9 Å². The summed E-state index contributed by atoms with van der Waals surface area (Å²) in [6.07, 6.45) is 0. The van der Waals surface area contributed by atoms with Gasteiger partial charge < -0.3 is 0 Å². The van der Waals surface area contributed by atoms with E-state index < -0.39 is 6.55 Å². The lowest BCUT2D eigenvalue weighted by Gasteiger charge is -1.99. The molecule has 55 valence electrons. The minimum Gasteiger partial charge on any atom is -0.208 e. The first-order valence-electron chi connectivity index (χ1n) is 2.84. The lowest BCUT2D eigenvalue weighted by molar-refractivity contribution is 0.0541. The first-order chi connectivity index (χ1) is 4.61. The van der Waals surface area contributed by atoms with Crippen molar-refractivity contribution < 1.29 is 8.78 Å². The van der Waals surface area contributed by atoms with Gasteiger partial charge in [0.1, 0.15) is 0 Å². The molecule has 0 saturated heterocycles. The summed E-state index contributed by atoms with van der Waals surface area (Å²) >= 11 is 0. The van der Waals surface area contributed by atoms with E-state index in [2.05, 4.69) is 11.2 Å². The van der Waals surface area contributed by atoms with E-state index >= 15 is 0 Å². The van der Waals surface area contributed by atoms with Gasteiger partial charge in [-0.1, -0.05) is 0 Å². The van der Waals surface area contributed by atoms with Crippen LogP contribution in [0, 0.1) is 19.9 Å². The lowest BCUT2D eigenvalue weighted by Crippen LogP contribution is -2.01. The molecule has 1 radical (unpaired) electrons. The van der Waals surface area contributed by atoms with E-state index in [-0.39, 0.29) is 0 Å². The highest BCUT2D eigenvalue weighted by atomic mass is 19.3. The molecule has 0 spiro atoms. The van der Waals surface area contributed by atoms with Crippen molar-refractivity contribution in [1.82, 2.24) is 9.78 Å². The highest BCUT2D eigenvalue weighted by Crippen LogP contribution is 2.11. The van der Waals surface area contributed by atoms with Crippen molar-refractivity contribution >= 4 is 0 Å². The Morgan fingerprint density at radius 3 is 2.30 bits per heavy atom. The maximum atomic E-state index is 11.9. The zero-order valence-electron chi connectivity index (χ0n) is 5.73. The van der Waals surface area contributed by atoms with Crippen LogP contribution in [0.3, 0.4) is 0 Å². The number of hydrogen-bond acceptors (Lipinski definition) is 1. The molecule has 10 heavy (non-hydrogen) atoms. The number of halogens is 2. The molecule has 0 bridgehead atoms. The summed E-state index contributed by atoms with van der Waals surface area (Å²) in [4.78, 5) is 0. The first kappa shape index (κ1) is 7.18. The van der Waals surface area contributed by atoms with Gasteiger partial charge in [0.25, 0.3) is 0 Å².